The van der Waals surface area contributed by atoms with Gasteiger partial charge >= 0.3 is 0 Å². The summed E-state index contributed by atoms with van der Waals surface area (Å²) in [6.07, 6.45) is 4.33. The first-order chi connectivity index (χ1) is 14.0. The number of benzene rings is 1. The maximum absolute atomic E-state index is 12.5. The summed E-state index contributed by atoms with van der Waals surface area (Å²) in [6, 6.07) is 6.20. The molecule has 0 fully saturated rings. The number of carbonyl (C=O) groups excluding carboxylic acids is 1. The molecule has 0 spiro atoms. The maximum atomic E-state index is 12.5. The van der Waals surface area contributed by atoms with Gasteiger partial charge in [0.25, 0.3) is 0 Å². The van der Waals surface area contributed by atoms with Crippen molar-refractivity contribution in [2.24, 2.45) is 0 Å². The van der Waals surface area contributed by atoms with Crippen molar-refractivity contribution in [3.63, 3.8) is 0 Å². The summed E-state index contributed by atoms with van der Waals surface area (Å²) in [5, 5.41) is 0. The van der Waals surface area contributed by atoms with Gasteiger partial charge in [-0.15, -0.1) is 0 Å². The second kappa shape index (κ2) is 8.20. The summed E-state index contributed by atoms with van der Waals surface area (Å²) in [7, 11) is 0. The average molecular weight is 469 g/mol. The number of rotatable bonds is 5. The van der Waals surface area contributed by atoms with Crippen LogP contribution in [0.4, 0.5) is 0 Å². The van der Waals surface area contributed by atoms with Crippen LogP contribution < -0.4 is 0 Å². The van der Waals surface area contributed by atoms with Gasteiger partial charge in [-0.1, -0.05) is 25.6 Å². The van der Waals surface area contributed by atoms with Crippen LogP contribution in [0.3, 0.4) is 0 Å². The van der Waals surface area contributed by atoms with Gasteiger partial charge in [-0.05, 0) is 84.5 Å². The first-order valence-corrected chi connectivity index (χ1v) is 11.0. The molecule has 5 heteroatoms. The Bertz CT molecular complexity index is 1030. The summed E-state index contributed by atoms with van der Waals surface area (Å²) in [5.74, 6) is 0.846. The van der Waals surface area contributed by atoms with Crippen LogP contribution in [0.25, 0.3) is 17.0 Å². The molecule has 0 saturated heterocycles. The molecule has 0 aliphatic carbocycles. The van der Waals surface area contributed by atoms with Crippen molar-refractivity contribution in [2.45, 2.75) is 65.6 Å². The number of aromatic nitrogens is 2. The van der Waals surface area contributed by atoms with Gasteiger partial charge < -0.3 is 4.74 Å². The fourth-order valence-corrected chi connectivity index (χ4v) is 4.19. The van der Waals surface area contributed by atoms with Crippen molar-refractivity contribution in [1.29, 1.82) is 0 Å². The van der Waals surface area contributed by atoms with Crippen molar-refractivity contribution in [3.8, 4) is 11.4 Å². The van der Waals surface area contributed by atoms with E-state index < -0.39 is 11.2 Å². The largest absolute Gasteiger partial charge is 0.361 e. The lowest BCUT2D eigenvalue weighted by Crippen LogP contribution is -2.45. The van der Waals surface area contributed by atoms with Crippen LogP contribution >= 0.6 is 15.9 Å². The molecule has 0 bridgehead atoms. The molecule has 0 amide bonds. The van der Waals surface area contributed by atoms with Crippen molar-refractivity contribution >= 4 is 27.3 Å². The van der Waals surface area contributed by atoms with Crippen LogP contribution in [0.5, 0.6) is 0 Å². The molecule has 0 N–H and O–H groups in total. The smallest absolute Gasteiger partial charge is 0.159 e. The Morgan fingerprint density at radius 1 is 1.13 bits per heavy atom. The van der Waals surface area contributed by atoms with Gasteiger partial charge in [0.15, 0.2) is 5.82 Å². The first-order valence-electron chi connectivity index (χ1n) is 10.2. The van der Waals surface area contributed by atoms with E-state index in [0.717, 1.165) is 37.9 Å². The molecule has 1 aromatic heterocycles. The predicted molar refractivity (Wildman–Crippen MR) is 125 cm³/mol. The zero-order valence-corrected chi connectivity index (χ0v) is 20.2. The Hall–Kier alpha value is -2.11. The SMILES string of the molecule is C=C1C(c2cc(-c3ncc(Br)cn3)ccc2C)=C(CC(=O)CC)C(C)(C)OC1(C)C. The van der Waals surface area contributed by atoms with E-state index in [-0.39, 0.29) is 5.78 Å². The number of Topliss-reactive ketones (excluding diaryl/α,β-unsaturated/α-hetero) is 1. The Morgan fingerprint density at radius 3 is 2.37 bits per heavy atom. The lowest BCUT2D eigenvalue weighted by Gasteiger charge is -2.46. The zero-order chi connectivity index (χ0) is 22.3. The zero-order valence-electron chi connectivity index (χ0n) is 18.6. The van der Waals surface area contributed by atoms with E-state index >= 15 is 0 Å². The lowest BCUT2D eigenvalue weighted by molar-refractivity contribution is -0.120. The molecule has 2 aromatic rings. The highest BCUT2D eigenvalue weighted by Crippen LogP contribution is 2.48. The topological polar surface area (TPSA) is 52.1 Å². The fraction of sp³-hybridized carbons (Fsp3) is 0.400. The number of aryl methyl sites for hydroxylation is 1. The minimum atomic E-state index is -0.582. The number of halogens is 1. The van der Waals surface area contributed by atoms with Crippen molar-refractivity contribution in [1.82, 2.24) is 9.97 Å². The monoisotopic (exact) mass is 468 g/mol. The number of ether oxygens (including phenoxy) is 1. The number of ketones is 1. The number of carbonyl (C=O) groups is 1. The van der Waals surface area contributed by atoms with Gasteiger partial charge in [-0.2, -0.15) is 0 Å². The van der Waals surface area contributed by atoms with E-state index in [9.17, 15) is 4.79 Å². The summed E-state index contributed by atoms with van der Waals surface area (Å²) in [4.78, 5) is 21.4. The molecule has 2 heterocycles. The second-order valence-corrected chi connectivity index (χ2v) is 9.69. The molecule has 1 aliphatic heterocycles. The van der Waals surface area contributed by atoms with Gasteiger partial charge in [0.2, 0.25) is 0 Å². The molecule has 0 unspecified atom stereocenters. The quantitative estimate of drug-likeness (QED) is 0.503. The van der Waals surface area contributed by atoms with Gasteiger partial charge in [0, 0.05) is 30.8 Å². The Balaban J connectivity index is 2.27. The number of hydrogen-bond acceptors (Lipinski definition) is 4. The highest BCUT2D eigenvalue weighted by atomic mass is 79.9. The van der Waals surface area contributed by atoms with Crippen LogP contribution in [0.2, 0.25) is 0 Å². The minimum Gasteiger partial charge on any atom is -0.361 e. The standard InChI is InChI=1S/C25H29BrN2O2/c1-8-19(29)12-21-22(16(3)24(4,5)30-25(21,6)7)20-11-17(10-9-15(20)2)23-27-13-18(26)14-28-23/h9-11,13-14H,3,8,12H2,1-2,4-7H3. The highest BCUT2D eigenvalue weighted by Gasteiger charge is 2.43. The molecule has 0 saturated carbocycles. The normalized spacial score (nSPS) is 17.9. The molecule has 30 heavy (non-hydrogen) atoms. The van der Waals surface area contributed by atoms with E-state index in [1.165, 1.54) is 0 Å². The summed E-state index contributed by atoms with van der Waals surface area (Å²) in [5.41, 5.74) is 4.85. The first kappa shape index (κ1) is 22.6. The van der Waals surface area contributed by atoms with E-state index in [1.54, 1.807) is 12.4 Å². The second-order valence-electron chi connectivity index (χ2n) is 8.78. The van der Waals surface area contributed by atoms with Crippen molar-refractivity contribution in [3.05, 3.63) is 63.9 Å². The van der Waals surface area contributed by atoms with Crippen LogP contribution in [-0.2, 0) is 9.53 Å². The number of hydrogen-bond donors (Lipinski definition) is 0. The molecule has 4 nitrogen and oxygen atoms in total. The Kier molecular flexibility index (Phi) is 6.17. The summed E-state index contributed by atoms with van der Waals surface area (Å²) < 4.78 is 7.25. The molecule has 158 valence electrons. The predicted octanol–water partition coefficient (Wildman–Crippen LogP) is 6.48. The Labute approximate surface area is 187 Å². The summed E-state index contributed by atoms with van der Waals surface area (Å²) >= 11 is 3.39. The van der Waals surface area contributed by atoms with Crippen LogP contribution in [0.15, 0.2) is 52.8 Å². The average Bonchev–Trinajstić information content (AvgIpc) is 2.67. The van der Waals surface area contributed by atoms with Crippen LogP contribution in [0.1, 0.15) is 58.6 Å². The molecular weight excluding hydrogens is 440 g/mol. The van der Waals surface area contributed by atoms with Crippen molar-refractivity contribution in [2.75, 3.05) is 0 Å². The molecule has 3 rings (SSSR count). The molecule has 0 radical (unpaired) electrons. The lowest BCUT2D eigenvalue weighted by atomic mass is 9.74. The minimum absolute atomic E-state index is 0.191. The van der Waals surface area contributed by atoms with Gasteiger partial charge in [-0.25, -0.2) is 9.97 Å². The third kappa shape index (κ3) is 4.33. The third-order valence-corrected chi connectivity index (χ3v) is 6.13. The van der Waals surface area contributed by atoms with E-state index in [4.69, 9.17) is 4.74 Å². The molecule has 1 aliphatic rings. The van der Waals surface area contributed by atoms with Gasteiger partial charge in [-0.3, -0.25) is 4.79 Å². The van der Waals surface area contributed by atoms with Crippen molar-refractivity contribution < 1.29 is 9.53 Å². The van der Waals surface area contributed by atoms with Gasteiger partial charge in [0.1, 0.15) is 5.78 Å². The van der Waals surface area contributed by atoms with Gasteiger partial charge in [0.05, 0.1) is 15.7 Å². The molecular formula is C25H29BrN2O2. The Morgan fingerprint density at radius 2 is 1.77 bits per heavy atom. The highest BCUT2D eigenvalue weighted by molar-refractivity contribution is 9.10. The third-order valence-electron chi connectivity index (χ3n) is 5.72. The summed E-state index contributed by atoms with van der Waals surface area (Å²) in [6.45, 7) is 16.5. The van der Waals surface area contributed by atoms with E-state index in [2.05, 4.69) is 51.5 Å². The van der Waals surface area contributed by atoms with Crippen LogP contribution in [-0.4, -0.2) is 27.0 Å². The maximum Gasteiger partial charge on any atom is 0.159 e. The fourth-order valence-electron chi connectivity index (χ4n) is 3.99. The van der Waals surface area contributed by atoms with Crippen LogP contribution in [0, 0.1) is 6.92 Å². The molecule has 0 atom stereocenters. The van der Waals surface area contributed by atoms with E-state index in [1.807, 2.05) is 40.7 Å². The van der Waals surface area contributed by atoms with E-state index in [0.29, 0.717) is 18.7 Å². The molecule has 1 aromatic carbocycles. The number of nitrogens with zero attached hydrogens (tertiary/aromatic N) is 2.